The van der Waals surface area contributed by atoms with Crippen molar-refractivity contribution < 1.29 is 9.59 Å². The van der Waals surface area contributed by atoms with E-state index in [9.17, 15) is 9.59 Å². The Labute approximate surface area is 124 Å². The van der Waals surface area contributed by atoms with Crippen molar-refractivity contribution in [3.8, 4) is 0 Å². The van der Waals surface area contributed by atoms with Crippen molar-refractivity contribution in [1.82, 2.24) is 5.32 Å². The maximum absolute atomic E-state index is 11.9. The number of nitrogens with two attached hydrogens (primary N) is 1. The summed E-state index contributed by atoms with van der Waals surface area (Å²) < 4.78 is 0. The molecule has 0 aliphatic carbocycles. The summed E-state index contributed by atoms with van der Waals surface area (Å²) in [6, 6.07) is 7.71. The van der Waals surface area contributed by atoms with Crippen LogP contribution < -0.4 is 16.0 Å². The molecule has 1 aliphatic rings. The van der Waals surface area contributed by atoms with Crippen LogP contribution in [0, 0.1) is 0 Å². The van der Waals surface area contributed by atoms with Crippen molar-refractivity contribution >= 4 is 17.5 Å². The first-order chi connectivity index (χ1) is 10.0. The second-order valence-electron chi connectivity index (χ2n) is 5.32. The summed E-state index contributed by atoms with van der Waals surface area (Å²) in [4.78, 5) is 25.6. The van der Waals surface area contributed by atoms with Crippen LogP contribution in [-0.2, 0) is 9.59 Å². The lowest BCUT2D eigenvalue weighted by Crippen LogP contribution is -2.46. The van der Waals surface area contributed by atoms with Crippen LogP contribution >= 0.6 is 0 Å². The van der Waals surface area contributed by atoms with Crippen LogP contribution in [0.1, 0.15) is 24.8 Å². The van der Waals surface area contributed by atoms with E-state index in [-0.39, 0.29) is 30.3 Å². The van der Waals surface area contributed by atoms with E-state index >= 15 is 0 Å². The molecular weight excluding hydrogens is 266 g/mol. The third kappa shape index (κ3) is 3.24. The van der Waals surface area contributed by atoms with Gasteiger partial charge in [0, 0.05) is 18.3 Å². The number of rotatable bonds is 5. The van der Waals surface area contributed by atoms with Gasteiger partial charge in [-0.05, 0) is 25.0 Å². The molecule has 0 fully saturated rings. The highest BCUT2D eigenvalue weighted by Gasteiger charge is 2.33. The SMILES string of the molecule is C=CCNC(=O)CN1c2ccccc2[C@@H](C(N)=O)C[C@H]1C. The molecule has 1 aromatic rings. The lowest BCUT2D eigenvalue weighted by molar-refractivity contribution is -0.119. The van der Waals surface area contributed by atoms with E-state index in [0.717, 1.165) is 11.3 Å². The first-order valence-corrected chi connectivity index (χ1v) is 7.07. The number of carbonyl (C=O) groups is 2. The number of carbonyl (C=O) groups excluding carboxylic acids is 2. The Morgan fingerprint density at radius 3 is 2.86 bits per heavy atom. The standard InChI is InChI=1S/C16H21N3O2/c1-3-8-18-15(20)10-19-11(2)9-13(16(17)21)12-6-4-5-7-14(12)19/h3-7,11,13H,1,8-10H2,2H3,(H2,17,21)(H,18,20)/t11-,13+/m1/s1. The van der Waals surface area contributed by atoms with Crippen molar-refractivity contribution in [2.75, 3.05) is 18.0 Å². The summed E-state index contributed by atoms with van der Waals surface area (Å²) in [5.41, 5.74) is 7.32. The van der Waals surface area contributed by atoms with Gasteiger partial charge in [-0.2, -0.15) is 0 Å². The van der Waals surface area contributed by atoms with Crippen LogP contribution in [0.25, 0.3) is 0 Å². The highest BCUT2D eigenvalue weighted by Crippen LogP contribution is 2.37. The molecule has 2 amide bonds. The quantitative estimate of drug-likeness (QED) is 0.798. The van der Waals surface area contributed by atoms with Gasteiger partial charge in [0.05, 0.1) is 12.5 Å². The van der Waals surface area contributed by atoms with Gasteiger partial charge in [0.25, 0.3) is 0 Å². The molecule has 1 heterocycles. The summed E-state index contributed by atoms with van der Waals surface area (Å²) in [6.07, 6.45) is 2.27. The molecule has 112 valence electrons. The third-order valence-electron chi connectivity index (χ3n) is 3.83. The highest BCUT2D eigenvalue weighted by atomic mass is 16.2. The average Bonchev–Trinajstić information content (AvgIpc) is 2.47. The first-order valence-electron chi connectivity index (χ1n) is 7.07. The zero-order chi connectivity index (χ0) is 15.4. The van der Waals surface area contributed by atoms with Crippen molar-refractivity contribution in [3.63, 3.8) is 0 Å². The number of hydrogen-bond donors (Lipinski definition) is 2. The van der Waals surface area contributed by atoms with E-state index in [0.29, 0.717) is 13.0 Å². The first kappa shape index (κ1) is 15.1. The van der Waals surface area contributed by atoms with Gasteiger partial charge in [-0.15, -0.1) is 6.58 Å². The number of benzene rings is 1. The van der Waals surface area contributed by atoms with Crippen molar-refractivity contribution in [3.05, 3.63) is 42.5 Å². The molecule has 5 heteroatoms. The maximum atomic E-state index is 11.9. The number of amides is 2. The second-order valence-corrected chi connectivity index (χ2v) is 5.32. The fourth-order valence-corrected chi connectivity index (χ4v) is 2.78. The molecule has 1 aliphatic heterocycles. The Kier molecular flexibility index (Phi) is 4.62. The molecule has 0 saturated carbocycles. The van der Waals surface area contributed by atoms with E-state index in [2.05, 4.69) is 11.9 Å². The van der Waals surface area contributed by atoms with Crippen LogP contribution in [-0.4, -0.2) is 30.9 Å². The smallest absolute Gasteiger partial charge is 0.239 e. The van der Waals surface area contributed by atoms with Gasteiger partial charge in [-0.25, -0.2) is 0 Å². The Balaban J connectivity index is 2.26. The van der Waals surface area contributed by atoms with Crippen molar-refractivity contribution in [1.29, 1.82) is 0 Å². The lowest BCUT2D eigenvalue weighted by atomic mass is 9.85. The van der Waals surface area contributed by atoms with Crippen LogP contribution in [0.15, 0.2) is 36.9 Å². The number of anilines is 1. The van der Waals surface area contributed by atoms with E-state index in [4.69, 9.17) is 5.73 Å². The summed E-state index contributed by atoms with van der Waals surface area (Å²) >= 11 is 0. The number of para-hydroxylation sites is 1. The molecule has 21 heavy (non-hydrogen) atoms. The normalized spacial score (nSPS) is 20.5. The Hall–Kier alpha value is -2.30. The highest BCUT2D eigenvalue weighted by molar-refractivity contribution is 5.87. The molecule has 2 rings (SSSR count). The fourth-order valence-electron chi connectivity index (χ4n) is 2.78. The Bertz CT molecular complexity index is 556. The average molecular weight is 287 g/mol. The molecule has 2 atom stereocenters. The fraction of sp³-hybridized carbons (Fsp3) is 0.375. The van der Waals surface area contributed by atoms with Crippen LogP contribution in [0.2, 0.25) is 0 Å². The number of nitrogens with one attached hydrogen (secondary N) is 1. The zero-order valence-corrected chi connectivity index (χ0v) is 12.2. The van der Waals surface area contributed by atoms with E-state index < -0.39 is 0 Å². The zero-order valence-electron chi connectivity index (χ0n) is 12.2. The molecule has 1 aromatic carbocycles. The third-order valence-corrected chi connectivity index (χ3v) is 3.83. The molecule has 0 unspecified atom stereocenters. The predicted molar refractivity (Wildman–Crippen MR) is 83.0 cm³/mol. The molecule has 0 bridgehead atoms. The molecule has 0 radical (unpaired) electrons. The minimum absolute atomic E-state index is 0.0610. The van der Waals surface area contributed by atoms with E-state index in [1.54, 1.807) is 6.08 Å². The van der Waals surface area contributed by atoms with Gasteiger partial charge >= 0.3 is 0 Å². The van der Waals surface area contributed by atoms with Crippen LogP contribution in [0.3, 0.4) is 0 Å². The van der Waals surface area contributed by atoms with Gasteiger partial charge in [-0.3, -0.25) is 9.59 Å². The molecule has 0 aromatic heterocycles. The van der Waals surface area contributed by atoms with Crippen LogP contribution in [0.4, 0.5) is 5.69 Å². The molecule has 0 saturated heterocycles. The largest absolute Gasteiger partial charge is 0.369 e. The Morgan fingerprint density at radius 1 is 1.48 bits per heavy atom. The molecule has 3 N–H and O–H groups in total. The van der Waals surface area contributed by atoms with Gasteiger partial charge < -0.3 is 16.0 Å². The van der Waals surface area contributed by atoms with E-state index in [1.807, 2.05) is 36.1 Å². The summed E-state index contributed by atoms with van der Waals surface area (Å²) in [6.45, 7) is 6.30. The summed E-state index contributed by atoms with van der Waals surface area (Å²) in [7, 11) is 0. The summed E-state index contributed by atoms with van der Waals surface area (Å²) in [5, 5.41) is 2.77. The van der Waals surface area contributed by atoms with E-state index in [1.165, 1.54) is 0 Å². The second kappa shape index (κ2) is 6.43. The lowest BCUT2D eigenvalue weighted by Gasteiger charge is -2.39. The maximum Gasteiger partial charge on any atom is 0.239 e. The van der Waals surface area contributed by atoms with Gasteiger partial charge in [0.2, 0.25) is 11.8 Å². The molecular formula is C16H21N3O2. The van der Waals surface area contributed by atoms with Crippen LogP contribution in [0.5, 0.6) is 0 Å². The Morgan fingerprint density at radius 2 is 2.19 bits per heavy atom. The minimum Gasteiger partial charge on any atom is -0.369 e. The number of fused-ring (bicyclic) bond motifs is 1. The topological polar surface area (TPSA) is 75.4 Å². The predicted octanol–water partition coefficient (Wildman–Crippen LogP) is 1.16. The number of nitrogens with zero attached hydrogens (tertiary/aromatic N) is 1. The number of primary amides is 1. The van der Waals surface area contributed by atoms with Crippen molar-refractivity contribution in [2.45, 2.75) is 25.3 Å². The summed E-state index contributed by atoms with van der Waals surface area (Å²) in [5.74, 6) is -0.664. The van der Waals surface area contributed by atoms with Crippen molar-refractivity contribution in [2.24, 2.45) is 5.73 Å². The van der Waals surface area contributed by atoms with Gasteiger partial charge in [-0.1, -0.05) is 24.3 Å². The number of hydrogen-bond acceptors (Lipinski definition) is 3. The monoisotopic (exact) mass is 287 g/mol. The molecule has 0 spiro atoms. The van der Waals surface area contributed by atoms with Gasteiger partial charge in [0.1, 0.15) is 0 Å². The minimum atomic E-state index is -0.315. The molecule has 5 nitrogen and oxygen atoms in total. The van der Waals surface area contributed by atoms with Gasteiger partial charge in [0.15, 0.2) is 0 Å².